The Balaban J connectivity index is 1.34. The second-order valence-electron chi connectivity index (χ2n) is 6.60. The van der Waals surface area contributed by atoms with Gasteiger partial charge in [0.25, 0.3) is 0 Å². The molecule has 1 N–H and O–H groups in total. The average molecular weight is 414 g/mol. The van der Waals surface area contributed by atoms with Gasteiger partial charge in [0, 0.05) is 10.9 Å². The van der Waals surface area contributed by atoms with Gasteiger partial charge in [-0.3, -0.25) is 5.43 Å². The molecule has 4 rings (SSSR count). The fourth-order valence-corrected chi connectivity index (χ4v) is 3.46. The van der Waals surface area contributed by atoms with Crippen molar-refractivity contribution in [1.29, 1.82) is 0 Å². The van der Waals surface area contributed by atoms with Crippen LogP contribution >= 0.6 is 11.3 Å². The van der Waals surface area contributed by atoms with Crippen LogP contribution in [0.25, 0.3) is 11.3 Å². The first-order valence-electron chi connectivity index (χ1n) is 9.36. The summed E-state index contributed by atoms with van der Waals surface area (Å²) >= 11 is 1.49. The maximum atomic E-state index is 12.2. The van der Waals surface area contributed by atoms with Gasteiger partial charge in [-0.25, -0.2) is 9.78 Å². The summed E-state index contributed by atoms with van der Waals surface area (Å²) in [4.78, 5) is 16.7. The number of aryl methyl sites for hydroxylation is 1. The standard InChI is InChI=1S/C24H19N3O2S/c1-17-6-5-9-20(14-17)23(28)29-21-12-10-18(11-13-21)15-25-27-24-26-22(16-30-24)19-7-3-2-4-8-19/h2-16H,1H3,(H,26,27)/b25-15-. The normalized spacial score (nSPS) is 10.8. The van der Waals surface area contributed by atoms with E-state index in [0.29, 0.717) is 16.4 Å². The van der Waals surface area contributed by atoms with E-state index in [9.17, 15) is 4.79 Å². The number of rotatable bonds is 6. The van der Waals surface area contributed by atoms with Gasteiger partial charge < -0.3 is 4.74 Å². The molecular formula is C24H19N3O2S. The minimum absolute atomic E-state index is 0.375. The highest BCUT2D eigenvalue weighted by Crippen LogP contribution is 2.24. The number of esters is 1. The second kappa shape index (κ2) is 9.15. The molecule has 0 saturated heterocycles. The Labute approximate surface area is 178 Å². The number of aromatic nitrogens is 1. The summed E-state index contributed by atoms with van der Waals surface area (Å²) in [6.45, 7) is 1.94. The van der Waals surface area contributed by atoms with Crippen LogP contribution in [0, 0.1) is 6.92 Å². The molecule has 5 nitrogen and oxygen atoms in total. The zero-order valence-corrected chi connectivity index (χ0v) is 17.1. The number of hydrogen-bond acceptors (Lipinski definition) is 6. The molecule has 0 unspecified atom stereocenters. The Hall–Kier alpha value is -3.77. The summed E-state index contributed by atoms with van der Waals surface area (Å²) in [7, 11) is 0. The highest BCUT2D eigenvalue weighted by molar-refractivity contribution is 7.14. The molecule has 0 bridgehead atoms. The minimum Gasteiger partial charge on any atom is -0.423 e. The lowest BCUT2D eigenvalue weighted by Gasteiger charge is -2.05. The predicted octanol–water partition coefficient (Wildman–Crippen LogP) is 5.78. The molecule has 1 heterocycles. The van der Waals surface area contributed by atoms with Crippen molar-refractivity contribution in [2.24, 2.45) is 5.10 Å². The van der Waals surface area contributed by atoms with Gasteiger partial charge in [-0.2, -0.15) is 5.10 Å². The van der Waals surface area contributed by atoms with Crippen LogP contribution in [0.15, 0.2) is 89.3 Å². The van der Waals surface area contributed by atoms with E-state index >= 15 is 0 Å². The molecule has 0 amide bonds. The van der Waals surface area contributed by atoms with Crippen molar-refractivity contribution in [1.82, 2.24) is 4.98 Å². The molecule has 0 saturated carbocycles. The first-order chi connectivity index (χ1) is 14.7. The fraction of sp³-hybridized carbons (Fsp3) is 0.0417. The van der Waals surface area contributed by atoms with E-state index in [4.69, 9.17) is 4.74 Å². The van der Waals surface area contributed by atoms with Crippen LogP contribution in [0.1, 0.15) is 21.5 Å². The molecule has 4 aromatic rings. The number of nitrogens with one attached hydrogen (secondary N) is 1. The van der Waals surface area contributed by atoms with Gasteiger partial charge in [0.05, 0.1) is 17.5 Å². The largest absolute Gasteiger partial charge is 0.423 e. The first-order valence-corrected chi connectivity index (χ1v) is 10.2. The van der Waals surface area contributed by atoms with E-state index in [1.807, 2.05) is 66.9 Å². The molecule has 0 fully saturated rings. The Morgan fingerprint density at radius 3 is 2.60 bits per heavy atom. The third-order valence-electron chi connectivity index (χ3n) is 4.29. The van der Waals surface area contributed by atoms with Crippen molar-refractivity contribution in [3.8, 4) is 17.0 Å². The molecule has 0 spiro atoms. The molecule has 6 heteroatoms. The van der Waals surface area contributed by atoms with Gasteiger partial charge in [-0.15, -0.1) is 11.3 Å². The van der Waals surface area contributed by atoms with E-state index in [2.05, 4.69) is 15.5 Å². The lowest BCUT2D eigenvalue weighted by atomic mass is 10.1. The summed E-state index contributed by atoms with van der Waals surface area (Å²) in [6, 6.07) is 24.5. The highest BCUT2D eigenvalue weighted by Gasteiger charge is 2.08. The van der Waals surface area contributed by atoms with E-state index in [1.54, 1.807) is 30.5 Å². The monoisotopic (exact) mass is 413 g/mol. The molecule has 148 valence electrons. The Bertz CT molecular complexity index is 1170. The molecule has 1 aromatic heterocycles. The van der Waals surface area contributed by atoms with Gasteiger partial charge >= 0.3 is 5.97 Å². The maximum Gasteiger partial charge on any atom is 0.343 e. The number of nitrogens with zero attached hydrogens (tertiary/aromatic N) is 2. The van der Waals surface area contributed by atoms with Gasteiger partial charge in [0.2, 0.25) is 5.13 Å². The summed E-state index contributed by atoms with van der Waals surface area (Å²) in [5, 5.41) is 6.94. The summed E-state index contributed by atoms with van der Waals surface area (Å²) < 4.78 is 5.42. The first kappa shape index (κ1) is 19.5. The third kappa shape index (κ3) is 4.98. The Morgan fingerprint density at radius 1 is 1.03 bits per heavy atom. The maximum absolute atomic E-state index is 12.2. The SMILES string of the molecule is Cc1cccc(C(=O)Oc2ccc(/C=N\Nc3nc(-c4ccccc4)cs3)cc2)c1. The summed E-state index contributed by atoms with van der Waals surface area (Å²) in [6.07, 6.45) is 1.69. The lowest BCUT2D eigenvalue weighted by molar-refractivity contribution is 0.0734. The number of benzene rings is 3. The highest BCUT2D eigenvalue weighted by atomic mass is 32.1. The van der Waals surface area contributed by atoms with Crippen LogP contribution in [0.4, 0.5) is 5.13 Å². The molecular weight excluding hydrogens is 394 g/mol. The van der Waals surface area contributed by atoms with Crippen molar-refractivity contribution in [3.63, 3.8) is 0 Å². The lowest BCUT2D eigenvalue weighted by Crippen LogP contribution is -2.08. The van der Waals surface area contributed by atoms with Crippen LogP contribution in [-0.2, 0) is 0 Å². The summed E-state index contributed by atoms with van der Waals surface area (Å²) in [5.41, 5.74) is 7.35. The van der Waals surface area contributed by atoms with Crippen molar-refractivity contribution >= 4 is 28.7 Å². The Morgan fingerprint density at radius 2 is 1.83 bits per heavy atom. The molecule has 30 heavy (non-hydrogen) atoms. The summed E-state index contributed by atoms with van der Waals surface area (Å²) in [5.74, 6) is 0.110. The molecule has 3 aromatic carbocycles. The van der Waals surface area contributed by atoms with E-state index in [0.717, 1.165) is 22.4 Å². The number of thiazole rings is 1. The number of ether oxygens (including phenoxy) is 1. The van der Waals surface area contributed by atoms with Gasteiger partial charge in [0.15, 0.2) is 0 Å². The second-order valence-corrected chi connectivity index (χ2v) is 7.46. The van der Waals surface area contributed by atoms with E-state index < -0.39 is 0 Å². The molecule has 0 aliphatic heterocycles. The number of anilines is 1. The average Bonchev–Trinajstić information content (AvgIpc) is 3.24. The van der Waals surface area contributed by atoms with E-state index in [-0.39, 0.29) is 5.97 Å². The smallest absolute Gasteiger partial charge is 0.343 e. The third-order valence-corrected chi connectivity index (χ3v) is 5.04. The number of carbonyl (C=O) groups excluding carboxylic acids is 1. The topological polar surface area (TPSA) is 63.6 Å². The van der Waals surface area contributed by atoms with Crippen molar-refractivity contribution in [2.45, 2.75) is 6.92 Å². The molecule has 0 aliphatic rings. The van der Waals surface area contributed by atoms with Gasteiger partial charge in [-0.1, -0.05) is 48.0 Å². The number of hydrogen-bond donors (Lipinski definition) is 1. The molecule has 0 aliphatic carbocycles. The molecule has 0 atom stereocenters. The van der Waals surface area contributed by atoms with Crippen molar-refractivity contribution in [2.75, 3.05) is 5.43 Å². The molecule has 0 radical (unpaired) electrons. The number of carbonyl (C=O) groups is 1. The Kier molecular flexibility index (Phi) is 5.96. The quantitative estimate of drug-likeness (QED) is 0.188. The minimum atomic E-state index is -0.375. The van der Waals surface area contributed by atoms with Crippen LogP contribution < -0.4 is 10.2 Å². The predicted molar refractivity (Wildman–Crippen MR) is 121 cm³/mol. The van der Waals surface area contributed by atoms with Crippen molar-refractivity contribution in [3.05, 3.63) is 101 Å². The van der Waals surface area contributed by atoms with Gasteiger partial charge in [-0.05, 0) is 48.9 Å². The van der Waals surface area contributed by atoms with Gasteiger partial charge in [0.1, 0.15) is 5.75 Å². The van der Waals surface area contributed by atoms with Crippen LogP contribution in [-0.4, -0.2) is 17.2 Å². The van der Waals surface area contributed by atoms with Crippen molar-refractivity contribution < 1.29 is 9.53 Å². The van der Waals surface area contributed by atoms with Crippen LogP contribution in [0.2, 0.25) is 0 Å². The number of hydrazone groups is 1. The van der Waals surface area contributed by atoms with Crippen LogP contribution in [0.5, 0.6) is 5.75 Å². The zero-order chi connectivity index (χ0) is 20.8. The van der Waals surface area contributed by atoms with Crippen LogP contribution in [0.3, 0.4) is 0 Å². The van der Waals surface area contributed by atoms with E-state index in [1.165, 1.54) is 11.3 Å². The fourth-order valence-electron chi connectivity index (χ4n) is 2.79. The zero-order valence-electron chi connectivity index (χ0n) is 16.3.